The lowest BCUT2D eigenvalue weighted by atomic mass is 10.1. The van der Waals surface area contributed by atoms with Crippen molar-refractivity contribution in [3.63, 3.8) is 0 Å². The van der Waals surface area contributed by atoms with E-state index < -0.39 is 15.9 Å². The Labute approximate surface area is 126 Å². The van der Waals surface area contributed by atoms with E-state index in [9.17, 15) is 13.2 Å². The summed E-state index contributed by atoms with van der Waals surface area (Å²) in [5.41, 5.74) is 0.677. The second-order valence-electron chi connectivity index (χ2n) is 4.33. The summed E-state index contributed by atoms with van der Waals surface area (Å²) in [7, 11) is -3.87. The highest BCUT2D eigenvalue weighted by atomic mass is 32.2. The largest absolute Gasteiger partial charge is 0.296 e. The van der Waals surface area contributed by atoms with Crippen LogP contribution in [0.25, 0.3) is 0 Å². The Morgan fingerprint density at radius 3 is 2.67 bits per heavy atom. The number of hydrogen-bond donors (Lipinski definition) is 2. The second kappa shape index (κ2) is 5.88. The number of amides is 1. The van der Waals surface area contributed by atoms with Crippen molar-refractivity contribution in [1.29, 1.82) is 0 Å². The van der Waals surface area contributed by atoms with Crippen molar-refractivity contribution in [2.24, 2.45) is 5.14 Å². The van der Waals surface area contributed by atoms with Gasteiger partial charge in [-0.3, -0.25) is 10.1 Å². The summed E-state index contributed by atoms with van der Waals surface area (Å²) < 4.78 is 22.9. The molecule has 0 saturated heterocycles. The highest BCUT2D eigenvalue weighted by Gasteiger charge is 2.16. The number of nitrogens with two attached hydrogens (primary N) is 1. The highest BCUT2D eigenvalue weighted by molar-refractivity contribution is 7.89. The van der Waals surface area contributed by atoms with Gasteiger partial charge in [0.25, 0.3) is 5.91 Å². The predicted octanol–water partition coefficient (Wildman–Crippen LogP) is 1.31. The van der Waals surface area contributed by atoms with Crippen molar-refractivity contribution >= 4 is 32.4 Å². The summed E-state index contributed by atoms with van der Waals surface area (Å²) in [4.78, 5) is 12.0. The molecule has 2 aromatic rings. The molecule has 0 saturated carbocycles. The van der Waals surface area contributed by atoms with Crippen molar-refractivity contribution in [2.75, 3.05) is 5.32 Å². The van der Waals surface area contributed by atoms with Crippen LogP contribution in [0.2, 0.25) is 0 Å². The van der Waals surface area contributed by atoms with E-state index >= 15 is 0 Å². The van der Waals surface area contributed by atoms with Gasteiger partial charge in [-0.05, 0) is 31.0 Å². The summed E-state index contributed by atoms with van der Waals surface area (Å²) >= 11 is 1.27. The molecule has 0 radical (unpaired) electrons. The first kappa shape index (κ1) is 15.5. The average Bonchev–Trinajstić information content (AvgIpc) is 2.85. The number of sulfonamides is 1. The quantitative estimate of drug-likeness (QED) is 0.879. The number of benzene rings is 1. The third-order valence-electron chi connectivity index (χ3n) is 2.75. The first-order chi connectivity index (χ1) is 9.81. The van der Waals surface area contributed by atoms with Crippen LogP contribution in [-0.2, 0) is 16.4 Å². The lowest BCUT2D eigenvalue weighted by molar-refractivity contribution is 0.102. The summed E-state index contributed by atoms with van der Waals surface area (Å²) in [5.74, 6) is -0.460. The molecule has 0 bridgehead atoms. The van der Waals surface area contributed by atoms with Crippen molar-refractivity contribution in [2.45, 2.75) is 25.2 Å². The molecule has 3 N–H and O–H groups in total. The van der Waals surface area contributed by atoms with Crippen LogP contribution < -0.4 is 10.5 Å². The van der Waals surface area contributed by atoms with Crippen LogP contribution in [0.3, 0.4) is 0 Å². The summed E-state index contributed by atoms with van der Waals surface area (Å²) in [6, 6.07) is 4.31. The van der Waals surface area contributed by atoms with Gasteiger partial charge in [-0.25, -0.2) is 13.6 Å². The predicted molar refractivity (Wildman–Crippen MR) is 79.8 cm³/mol. The zero-order valence-electron chi connectivity index (χ0n) is 11.5. The summed E-state index contributed by atoms with van der Waals surface area (Å²) in [6.07, 6.45) is 0.730. The van der Waals surface area contributed by atoms with E-state index in [0.717, 1.165) is 11.4 Å². The van der Waals surface area contributed by atoms with Gasteiger partial charge in [0.2, 0.25) is 15.2 Å². The number of aromatic nitrogens is 2. The van der Waals surface area contributed by atoms with E-state index in [-0.39, 0.29) is 10.5 Å². The van der Waals surface area contributed by atoms with Crippen LogP contribution in [-0.4, -0.2) is 24.5 Å². The van der Waals surface area contributed by atoms with Gasteiger partial charge >= 0.3 is 0 Å². The van der Waals surface area contributed by atoms with E-state index in [1.165, 1.54) is 29.5 Å². The van der Waals surface area contributed by atoms with Gasteiger partial charge in [-0.1, -0.05) is 24.3 Å². The molecule has 0 aliphatic carbocycles. The molecule has 1 aromatic carbocycles. The second-order valence-corrected chi connectivity index (χ2v) is 6.93. The molecule has 0 unspecified atom stereocenters. The Balaban J connectivity index is 2.27. The van der Waals surface area contributed by atoms with E-state index in [2.05, 4.69) is 15.5 Å². The van der Waals surface area contributed by atoms with E-state index in [1.54, 1.807) is 6.92 Å². The van der Waals surface area contributed by atoms with Crippen molar-refractivity contribution in [1.82, 2.24) is 10.2 Å². The fourth-order valence-corrected chi connectivity index (χ4v) is 3.15. The molecule has 0 atom stereocenters. The molecule has 0 fully saturated rings. The Kier molecular flexibility index (Phi) is 4.35. The number of aryl methyl sites for hydroxylation is 2. The minimum atomic E-state index is -3.87. The maximum atomic E-state index is 12.1. The van der Waals surface area contributed by atoms with Crippen LogP contribution in [0.15, 0.2) is 23.1 Å². The first-order valence-electron chi connectivity index (χ1n) is 6.08. The number of hydrogen-bond acceptors (Lipinski definition) is 6. The van der Waals surface area contributed by atoms with E-state index in [4.69, 9.17) is 5.14 Å². The van der Waals surface area contributed by atoms with Crippen LogP contribution in [0.1, 0.15) is 27.9 Å². The van der Waals surface area contributed by atoms with Crippen molar-refractivity contribution < 1.29 is 13.2 Å². The minimum Gasteiger partial charge on any atom is -0.296 e. The molecule has 21 heavy (non-hydrogen) atoms. The number of anilines is 1. The first-order valence-corrected chi connectivity index (χ1v) is 8.44. The average molecular weight is 326 g/mol. The van der Waals surface area contributed by atoms with E-state index in [1.807, 2.05) is 6.92 Å². The zero-order chi connectivity index (χ0) is 15.6. The van der Waals surface area contributed by atoms with Crippen molar-refractivity contribution in [3.8, 4) is 0 Å². The highest BCUT2D eigenvalue weighted by Crippen LogP contribution is 2.19. The number of carbonyl (C=O) groups is 1. The normalized spacial score (nSPS) is 11.4. The molecule has 1 aromatic heterocycles. The van der Waals surface area contributed by atoms with Crippen molar-refractivity contribution in [3.05, 3.63) is 34.3 Å². The molecule has 0 aliphatic heterocycles. The van der Waals surface area contributed by atoms with Crippen LogP contribution in [0, 0.1) is 6.92 Å². The van der Waals surface area contributed by atoms with Gasteiger partial charge in [0.15, 0.2) is 0 Å². The third kappa shape index (κ3) is 3.63. The number of nitrogens with one attached hydrogen (secondary N) is 1. The fraction of sp³-hybridized carbons (Fsp3) is 0.250. The molecule has 7 nitrogen and oxygen atoms in total. The number of rotatable bonds is 4. The molecule has 1 heterocycles. The topological polar surface area (TPSA) is 115 Å². The third-order valence-corrected chi connectivity index (χ3v) is 4.78. The Morgan fingerprint density at radius 2 is 2.10 bits per heavy atom. The molecule has 2 rings (SSSR count). The number of carbonyl (C=O) groups excluding carboxylic acids is 1. The lowest BCUT2D eigenvalue weighted by Crippen LogP contribution is -2.17. The minimum absolute atomic E-state index is 0.0679. The molecule has 112 valence electrons. The Hall–Kier alpha value is -1.84. The SMILES string of the molecule is CCc1nnc(NC(=O)c2ccc(C)c(S(N)(=O)=O)c2)s1. The van der Waals surface area contributed by atoms with Gasteiger partial charge in [0.1, 0.15) is 5.01 Å². The van der Waals surface area contributed by atoms with Gasteiger partial charge in [0.05, 0.1) is 4.90 Å². The summed E-state index contributed by atoms with van der Waals surface area (Å²) in [5, 5.41) is 16.6. The van der Waals surface area contributed by atoms with E-state index in [0.29, 0.717) is 10.7 Å². The molecule has 0 aliphatic rings. The van der Waals surface area contributed by atoms with Gasteiger partial charge in [-0.2, -0.15) is 0 Å². The van der Waals surface area contributed by atoms with Crippen LogP contribution >= 0.6 is 11.3 Å². The zero-order valence-corrected chi connectivity index (χ0v) is 13.1. The van der Waals surface area contributed by atoms with Crippen LogP contribution in [0.5, 0.6) is 0 Å². The fourth-order valence-electron chi connectivity index (χ4n) is 1.66. The smallest absolute Gasteiger partial charge is 0.257 e. The van der Waals surface area contributed by atoms with Crippen LogP contribution in [0.4, 0.5) is 5.13 Å². The molecular weight excluding hydrogens is 312 g/mol. The maximum absolute atomic E-state index is 12.1. The van der Waals surface area contributed by atoms with Gasteiger partial charge in [-0.15, -0.1) is 10.2 Å². The van der Waals surface area contributed by atoms with Gasteiger partial charge < -0.3 is 0 Å². The summed E-state index contributed by atoms with van der Waals surface area (Å²) in [6.45, 7) is 3.55. The number of nitrogens with zero attached hydrogens (tertiary/aromatic N) is 2. The van der Waals surface area contributed by atoms with Gasteiger partial charge in [0, 0.05) is 5.56 Å². The molecule has 1 amide bonds. The number of primary sulfonamides is 1. The Morgan fingerprint density at radius 1 is 1.38 bits per heavy atom. The molecule has 9 heteroatoms. The maximum Gasteiger partial charge on any atom is 0.257 e. The molecular formula is C12H14N4O3S2. The standard InChI is InChI=1S/C12H14N4O3S2/c1-3-10-15-16-12(20-10)14-11(17)8-5-4-7(2)9(6-8)21(13,18)19/h4-6H,3H2,1-2H3,(H2,13,18,19)(H,14,16,17). The monoisotopic (exact) mass is 326 g/mol. The Bertz CT molecular complexity index is 784. The lowest BCUT2D eigenvalue weighted by Gasteiger charge is -2.06. The molecule has 0 spiro atoms.